The lowest BCUT2D eigenvalue weighted by Crippen LogP contribution is -2.05. The normalized spacial score (nSPS) is 10.6. The third kappa shape index (κ3) is 2.64. The van der Waals surface area contributed by atoms with Crippen molar-refractivity contribution < 1.29 is 4.79 Å². The number of fused-ring (bicyclic) bond motifs is 1. The van der Waals surface area contributed by atoms with Crippen molar-refractivity contribution in [1.82, 2.24) is 25.0 Å². The second kappa shape index (κ2) is 5.16. The SMILES string of the molecule is CC(=O)Nc1ccc(Nc2ncnc3c2nnn3C)cc1. The lowest BCUT2D eigenvalue weighted by molar-refractivity contribution is -0.114. The Labute approximate surface area is 120 Å². The van der Waals surface area contributed by atoms with E-state index in [2.05, 4.69) is 30.9 Å². The molecule has 0 aliphatic rings. The van der Waals surface area contributed by atoms with Crippen LogP contribution < -0.4 is 10.6 Å². The number of carbonyl (C=O) groups excluding carboxylic acids is 1. The van der Waals surface area contributed by atoms with Crippen LogP contribution in [0.5, 0.6) is 0 Å². The van der Waals surface area contributed by atoms with Crippen LogP contribution in [0.3, 0.4) is 0 Å². The maximum absolute atomic E-state index is 11.0. The zero-order valence-corrected chi connectivity index (χ0v) is 11.5. The van der Waals surface area contributed by atoms with Crippen LogP contribution in [0.4, 0.5) is 17.2 Å². The lowest BCUT2D eigenvalue weighted by atomic mass is 10.2. The summed E-state index contributed by atoms with van der Waals surface area (Å²) in [7, 11) is 1.77. The van der Waals surface area contributed by atoms with E-state index in [0.717, 1.165) is 11.4 Å². The largest absolute Gasteiger partial charge is 0.338 e. The molecule has 21 heavy (non-hydrogen) atoms. The highest BCUT2D eigenvalue weighted by atomic mass is 16.1. The van der Waals surface area contributed by atoms with Crippen molar-refractivity contribution in [3.8, 4) is 0 Å². The van der Waals surface area contributed by atoms with Crippen LogP contribution >= 0.6 is 0 Å². The summed E-state index contributed by atoms with van der Waals surface area (Å²) < 4.78 is 1.59. The Morgan fingerprint density at radius 1 is 1.14 bits per heavy atom. The summed E-state index contributed by atoms with van der Waals surface area (Å²) in [6, 6.07) is 7.29. The second-order valence-corrected chi connectivity index (χ2v) is 4.49. The molecule has 0 saturated heterocycles. The van der Waals surface area contributed by atoms with Gasteiger partial charge in [0.05, 0.1) is 0 Å². The molecule has 1 amide bonds. The topological polar surface area (TPSA) is 97.6 Å². The molecule has 3 rings (SSSR count). The van der Waals surface area contributed by atoms with Crippen LogP contribution in [-0.2, 0) is 11.8 Å². The number of aryl methyl sites for hydroxylation is 1. The van der Waals surface area contributed by atoms with Gasteiger partial charge in [-0.3, -0.25) is 4.79 Å². The van der Waals surface area contributed by atoms with Gasteiger partial charge >= 0.3 is 0 Å². The van der Waals surface area contributed by atoms with Gasteiger partial charge in [0.1, 0.15) is 6.33 Å². The zero-order chi connectivity index (χ0) is 14.8. The van der Waals surface area contributed by atoms with Crippen LogP contribution in [-0.4, -0.2) is 30.9 Å². The first-order chi connectivity index (χ1) is 10.1. The first-order valence-electron chi connectivity index (χ1n) is 6.28. The van der Waals surface area contributed by atoms with Gasteiger partial charge in [0.25, 0.3) is 0 Å². The fraction of sp³-hybridized carbons (Fsp3) is 0.154. The predicted molar refractivity (Wildman–Crippen MR) is 78.1 cm³/mol. The van der Waals surface area contributed by atoms with Gasteiger partial charge in [-0.15, -0.1) is 5.10 Å². The van der Waals surface area contributed by atoms with E-state index in [0.29, 0.717) is 17.0 Å². The highest BCUT2D eigenvalue weighted by molar-refractivity contribution is 5.89. The van der Waals surface area contributed by atoms with E-state index in [-0.39, 0.29) is 5.91 Å². The molecule has 0 aliphatic carbocycles. The van der Waals surface area contributed by atoms with Gasteiger partial charge in [-0.1, -0.05) is 5.21 Å². The van der Waals surface area contributed by atoms with Crippen molar-refractivity contribution in [2.24, 2.45) is 7.05 Å². The number of anilines is 3. The van der Waals surface area contributed by atoms with E-state index in [4.69, 9.17) is 0 Å². The average molecular weight is 283 g/mol. The van der Waals surface area contributed by atoms with Crippen molar-refractivity contribution in [1.29, 1.82) is 0 Å². The number of benzene rings is 1. The van der Waals surface area contributed by atoms with Crippen molar-refractivity contribution in [3.05, 3.63) is 30.6 Å². The smallest absolute Gasteiger partial charge is 0.221 e. The summed E-state index contributed by atoms with van der Waals surface area (Å²) >= 11 is 0. The molecular weight excluding hydrogens is 270 g/mol. The molecule has 3 aromatic rings. The Bertz CT molecular complexity index is 794. The maximum atomic E-state index is 11.0. The van der Waals surface area contributed by atoms with Crippen LogP contribution in [0.25, 0.3) is 11.2 Å². The molecule has 0 atom stereocenters. The number of rotatable bonds is 3. The number of aromatic nitrogens is 5. The van der Waals surface area contributed by atoms with Gasteiger partial charge < -0.3 is 10.6 Å². The monoisotopic (exact) mass is 283 g/mol. The third-order valence-electron chi connectivity index (χ3n) is 2.86. The number of carbonyl (C=O) groups is 1. The van der Waals surface area contributed by atoms with E-state index in [9.17, 15) is 4.79 Å². The standard InChI is InChI=1S/C13H13N7O/c1-8(21)16-9-3-5-10(6-4-9)17-12-11-13(15-7-14-12)20(2)19-18-11/h3-7H,1-2H3,(H,16,21)(H,14,15,17). The van der Waals surface area contributed by atoms with E-state index in [1.54, 1.807) is 23.9 Å². The molecule has 8 nitrogen and oxygen atoms in total. The van der Waals surface area contributed by atoms with Gasteiger partial charge in [-0.2, -0.15) is 0 Å². The fourth-order valence-corrected chi connectivity index (χ4v) is 1.92. The fourth-order valence-electron chi connectivity index (χ4n) is 1.92. The molecule has 0 radical (unpaired) electrons. The van der Waals surface area contributed by atoms with Gasteiger partial charge in [0.2, 0.25) is 5.91 Å². The molecule has 0 spiro atoms. The maximum Gasteiger partial charge on any atom is 0.221 e. The van der Waals surface area contributed by atoms with E-state index in [1.165, 1.54) is 13.3 Å². The Balaban J connectivity index is 1.86. The molecule has 106 valence electrons. The molecule has 2 N–H and O–H groups in total. The predicted octanol–water partition coefficient (Wildman–Crippen LogP) is 1.46. The highest BCUT2D eigenvalue weighted by Gasteiger charge is 2.09. The highest BCUT2D eigenvalue weighted by Crippen LogP contribution is 2.21. The number of nitrogens with one attached hydrogen (secondary N) is 2. The summed E-state index contributed by atoms with van der Waals surface area (Å²) in [5.74, 6) is 0.480. The summed E-state index contributed by atoms with van der Waals surface area (Å²) in [5, 5.41) is 13.8. The van der Waals surface area contributed by atoms with Crippen molar-refractivity contribution in [2.75, 3.05) is 10.6 Å². The molecule has 0 aliphatic heterocycles. The summed E-state index contributed by atoms with van der Waals surface area (Å²) in [6.45, 7) is 1.47. The molecule has 2 heterocycles. The Kier molecular flexibility index (Phi) is 3.19. The van der Waals surface area contributed by atoms with Crippen molar-refractivity contribution in [3.63, 3.8) is 0 Å². The Hall–Kier alpha value is -3.03. The van der Waals surface area contributed by atoms with Crippen LogP contribution in [0.2, 0.25) is 0 Å². The van der Waals surface area contributed by atoms with Crippen molar-refractivity contribution >= 4 is 34.3 Å². The van der Waals surface area contributed by atoms with Crippen LogP contribution in [0.1, 0.15) is 6.92 Å². The molecule has 1 aromatic carbocycles. The zero-order valence-electron chi connectivity index (χ0n) is 11.5. The molecular formula is C13H13N7O. The molecule has 8 heteroatoms. The third-order valence-corrected chi connectivity index (χ3v) is 2.86. The molecule has 0 unspecified atom stereocenters. The lowest BCUT2D eigenvalue weighted by Gasteiger charge is -2.07. The van der Waals surface area contributed by atoms with Gasteiger partial charge in [0, 0.05) is 25.3 Å². The van der Waals surface area contributed by atoms with E-state index >= 15 is 0 Å². The minimum absolute atomic E-state index is 0.104. The first-order valence-corrected chi connectivity index (χ1v) is 6.28. The first kappa shape index (κ1) is 13.0. The van der Waals surface area contributed by atoms with Crippen LogP contribution in [0, 0.1) is 0 Å². The number of amides is 1. The minimum Gasteiger partial charge on any atom is -0.338 e. The van der Waals surface area contributed by atoms with Crippen molar-refractivity contribution in [2.45, 2.75) is 6.92 Å². The van der Waals surface area contributed by atoms with Gasteiger partial charge in [0.15, 0.2) is 17.0 Å². The van der Waals surface area contributed by atoms with Gasteiger partial charge in [-0.05, 0) is 24.3 Å². The minimum atomic E-state index is -0.104. The van der Waals surface area contributed by atoms with Gasteiger partial charge in [-0.25, -0.2) is 14.6 Å². The Morgan fingerprint density at radius 3 is 2.57 bits per heavy atom. The molecule has 0 saturated carbocycles. The summed E-state index contributed by atoms with van der Waals surface area (Å²) in [5.41, 5.74) is 2.82. The average Bonchev–Trinajstić information content (AvgIpc) is 2.83. The Morgan fingerprint density at radius 2 is 1.86 bits per heavy atom. The molecule has 0 fully saturated rings. The number of hydrogen-bond donors (Lipinski definition) is 2. The van der Waals surface area contributed by atoms with Crippen LogP contribution in [0.15, 0.2) is 30.6 Å². The number of hydrogen-bond acceptors (Lipinski definition) is 6. The van der Waals surface area contributed by atoms with E-state index in [1.807, 2.05) is 12.1 Å². The second-order valence-electron chi connectivity index (χ2n) is 4.49. The summed E-state index contributed by atoms with van der Waals surface area (Å²) in [4.78, 5) is 19.3. The molecule has 2 aromatic heterocycles. The number of nitrogens with zero attached hydrogens (tertiary/aromatic N) is 5. The quantitative estimate of drug-likeness (QED) is 0.755. The van der Waals surface area contributed by atoms with E-state index < -0.39 is 0 Å². The summed E-state index contributed by atoms with van der Waals surface area (Å²) in [6.07, 6.45) is 1.46. The molecule has 0 bridgehead atoms.